The summed E-state index contributed by atoms with van der Waals surface area (Å²) in [7, 11) is 3.91. The second kappa shape index (κ2) is 6.37. The first-order valence-corrected chi connectivity index (χ1v) is 8.64. The van der Waals surface area contributed by atoms with Crippen molar-refractivity contribution in [3.05, 3.63) is 59.5 Å². The van der Waals surface area contributed by atoms with Gasteiger partial charge in [0.25, 0.3) is 0 Å². The zero-order valence-corrected chi connectivity index (χ0v) is 15.0. The highest BCUT2D eigenvalue weighted by molar-refractivity contribution is 5.91. The van der Waals surface area contributed by atoms with E-state index in [4.69, 9.17) is 4.74 Å². The van der Waals surface area contributed by atoms with Crippen molar-refractivity contribution < 1.29 is 4.74 Å². The van der Waals surface area contributed by atoms with Crippen molar-refractivity contribution in [3.8, 4) is 5.75 Å². The fourth-order valence-corrected chi connectivity index (χ4v) is 3.66. The first-order valence-electron chi connectivity index (χ1n) is 8.64. The van der Waals surface area contributed by atoms with E-state index in [0.717, 1.165) is 25.3 Å². The Morgan fingerprint density at radius 2 is 2.00 bits per heavy atom. The van der Waals surface area contributed by atoms with Crippen molar-refractivity contribution in [1.29, 1.82) is 0 Å². The van der Waals surface area contributed by atoms with Gasteiger partial charge < -0.3 is 14.2 Å². The first kappa shape index (κ1) is 15.9. The molecule has 0 amide bonds. The molecule has 1 aliphatic rings. The molecule has 0 radical (unpaired) electrons. The van der Waals surface area contributed by atoms with Gasteiger partial charge in [-0.15, -0.1) is 0 Å². The van der Waals surface area contributed by atoms with Crippen LogP contribution in [0.4, 0.5) is 0 Å². The van der Waals surface area contributed by atoms with Crippen LogP contribution >= 0.6 is 0 Å². The number of fused-ring (bicyclic) bond motifs is 3. The topological polar surface area (TPSA) is 30.3 Å². The van der Waals surface area contributed by atoms with Crippen LogP contribution in [0, 0.1) is 0 Å². The lowest BCUT2D eigenvalue weighted by molar-refractivity contribution is 0.312. The van der Waals surface area contributed by atoms with E-state index < -0.39 is 0 Å². The molecule has 4 nitrogen and oxygen atoms in total. The van der Waals surface area contributed by atoms with Gasteiger partial charge in [-0.05, 0) is 61.0 Å². The number of pyridine rings is 1. The van der Waals surface area contributed by atoms with Gasteiger partial charge in [-0.2, -0.15) is 0 Å². The molecule has 0 saturated heterocycles. The Morgan fingerprint density at radius 1 is 1.20 bits per heavy atom. The summed E-state index contributed by atoms with van der Waals surface area (Å²) in [5, 5.41) is 1.29. The molecular weight excluding hydrogens is 310 g/mol. The highest BCUT2D eigenvalue weighted by Crippen LogP contribution is 2.34. The molecule has 0 aliphatic carbocycles. The van der Waals surface area contributed by atoms with Crippen LogP contribution in [-0.2, 0) is 13.0 Å². The number of ether oxygens (including phenoxy) is 1. The lowest BCUT2D eigenvalue weighted by Crippen LogP contribution is -2.26. The third kappa shape index (κ3) is 2.83. The van der Waals surface area contributed by atoms with Crippen LogP contribution in [0.5, 0.6) is 5.75 Å². The van der Waals surface area contributed by atoms with Gasteiger partial charge in [-0.3, -0.25) is 4.98 Å². The minimum absolute atomic E-state index is 0.913. The van der Waals surface area contributed by atoms with Gasteiger partial charge in [-0.25, -0.2) is 0 Å². The van der Waals surface area contributed by atoms with Crippen molar-refractivity contribution >= 4 is 22.7 Å². The van der Waals surface area contributed by atoms with Crippen LogP contribution in [0.15, 0.2) is 42.7 Å². The molecule has 0 bridgehead atoms. The van der Waals surface area contributed by atoms with E-state index in [-0.39, 0.29) is 0 Å². The van der Waals surface area contributed by atoms with Crippen LogP contribution in [0.1, 0.15) is 23.7 Å². The summed E-state index contributed by atoms with van der Waals surface area (Å²) in [6, 6.07) is 10.5. The normalized spacial score (nSPS) is 15.4. The summed E-state index contributed by atoms with van der Waals surface area (Å²) in [6.45, 7) is 4.22. The molecular formula is C21H23N3O. The lowest BCUT2D eigenvalue weighted by atomic mass is 10.0. The number of allylic oxidation sites excluding steroid dienone is 1. The van der Waals surface area contributed by atoms with E-state index in [0.29, 0.717) is 0 Å². The minimum atomic E-state index is 0.913. The Labute approximate surface area is 148 Å². The number of aromatic nitrogens is 2. The Balaban J connectivity index is 1.91. The quantitative estimate of drug-likeness (QED) is 0.724. The van der Waals surface area contributed by atoms with Gasteiger partial charge in [0.15, 0.2) is 0 Å². The van der Waals surface area contributed by atoms with Crippen LogP contribution in [0.2, 0.25) is 0 Å². The molecule has 3 heterocycles. The molecule has 0 unspecified atom stereocenters. The van der Waals surface area contributed by atoms with E-state index in [2.05, 4.69) is 58.9 Å². The SMILES string of the molecule is COc1ccc2c(c1)c1c(n2C=C(C)c2ccncc2)CCN(C)C1. The van der Waals surface area contributed by atoms with Crippen molar-refractivity contribution in [1.82, 2.24) is 14.5 Å². The number of likely N-dealkylation sites (N-methyl/N-ethyl adjacent to an activating group) is 1. The minimum Gasteiger partial charge on any atom is -0.497 e. The predicted molar refractivity (Wildman–Crippen MR) is 103 cm³/mol. The summed E-state index contributed by atoms with van der Waals surface area (Å²) in [5.74, 6) is 0.913. The van der Waals surface area contributed by atoms with Crippen molar-refractivity contribution in [2.24, 2.45) is 0 Å². The zero-order chi connectivity index (χ0) is 17.4. The van der Waals surface area contributed by atoms with Crippen LogP contribution in [0.3, 0.4) is 0 Å². The van der Waals surface area contributed by atoms with E-state index in [1.807, 2.05) is 18.5 Å². The van der Waals surface area contributed by atoms with Crippen molar-refractivity contribution in [2.75, 3.05) is 20.7 Å². The van der Waals surface area contributed by atoms with Gasteiger partial charge in [0, 0.05) is 49.2 Å². The fourth-order valence-electron chi connectivity index (χ4n) is 3.66. The zero-order valence-electron chi connectivity index (χ0n) is 15.0. The monoisotopic (exact) mass is 333 g/mol. The predicted octanol–water partition coefficient (Wildman–Crippen LogP) is 4.05. The molecule has 1 aliphatic heterocycles. The fraction of sp³-hybridized carbons (Fsp3) is 0.286. The van der Waals surface area contributed by atoms with E-state index >= 15 is 0 Å². The summed E-state index contributed by atoms with van der Waals surface area (Å²) >= 11 is 0. The Morgan fingerprint density at radius 3 is 2.76 bits per heavy atom. The highest BCUT2D eigenvalue weighted by Gasteiger charge is 2.22. The molecule has 0 saturated carbocycles. The molecule has 1 aromatic carbocycles. The second-order valence-corrected chi connectivity index (χ2v) is 6.71. The maximum Gasteiger partial charge on any atom is 0.119 e. The summed E-state index contributed by atoms with van der Waals surface area (Å²) in [5.41, 5.74) is 6.51. The number of hydrogen-bond acceptors (Lipinski definition) is 3. The number of benzene rings is 1. The maximum absolute atomic E-state index is 5.45. The molecule has 0 N–H and O–H groups in total. The van der Waals surface area contributed by atoms with Crippen LogP contribution < -0.4 is 4.74 Å². The number of rotatable bonds is 3. The number of hydrogen-bond donors (Lipinski definition) is 0. The third-order valence-electron chi connectivity index (χ3n) is 5.04. The molecule has 3 aromatic rings. The lowest BCUT2D eigenvalue weighted by Gasteiger charge is -2.23. The largest absolute Gasteiger partial charge is 0.497 e. The van der Waals surface area contributed by atoms with E-state index in [9.17, 15) is 0 Å². The van der Waals surface area contributed by atoms with E-state index in [1.165, 1.54) is 33.3 Å². The molecule has 4 rings (SSSR count). The van der Waals surface area contributed by atoms with Gasteiger partial charge in [0.1, 0.15) is 5.75 Å². The van der Waals surface area contributed by atoms with E-state index in [1.54, 1.807) is 7.11 Å². The summed E-state index contributed by atoms with van der Waals surface area (Å²) < 4.78 is 7.82. The Bertz CT molecular complexity index is 941. The van der Waals surface area contributed by atoms with Crippen molar-refractivity contribution in [3.63, 3.8) is 0 Å². The molecule has 0 fully saturated rings. The molecule has 2 aromatic heterocycles. The standard InChI is InChI=1S/C21H23N3O/c1-15(16-6-9-22-10-7-16)13-24-20-5-4-17(25-3)12-18(20)19-14-23(2)11-8-21(19)24/h4-7,9-10,12-13H,8,11,14H2,1-3H3. The molecule has 128 valence electrons. The Hall–Kier alpha value is -2.59. The third-order valence-corrected chi connectivity index (χ3v) is 5.04. The van der Waals surface area contributed by atoms with Gasteiger partial charge in [0.2, 0.25) is 0 Å². The molecule has 4 heteroatoms. The van der Waals surface area contributed by atoms with Gasteiger partial charge in [0.05, 0.1) is 12.6 Å². The first-order chi connectivity index (χ1) is 12.2. The smallest absolute Gasteiger partial charge is 0.119 e. The highest BCUT2D eigenvalue weighted by atomic mass is 16.5. The number of nitrogens with zero attached hydrogens (tertiary/aromatic N) is 3. The second-order valence-electron chi connectivity index (χ2n) is 6.71. The van der Waals surface area contributed by atoms with Gasteiger partial charge >= 0.3 is 0 Å². The molecule has 0 atom stereocenters. The summed E-state index contributed by atoms with van der Waals surface area (Å²) in [6.07, 6.45) is 7.00. The maximum atomic E-state index is 5.45. The Kier molecular flexibility index (Phi) is 4.06. The molecule has 25 heavy (non-hydrogen) atoms. The van der Waals surface area contributed by atoms with Crippen molar-refractivity contribution in [2.45, 2.75) is 19.9 Å². The van der Waals surface area contributed by atoms with Crippen LogP contribution in [-0.4, -0.2) is 35.2 Å². The average molecular weight is 333 g/mol. The average Bonchev–Trinajstić information content (AvgIpc) is 2.95. The summed E-state index contributed by atoms with van der Waals surface area (Å²) in [4.78, 5) is 6.50. The van der Waals surface area contributed by atoms with Gasteiger partial charge in [-0.1, -0.05) is 0 Å². The molecule has 0 spiro atoms. The number of methoxy groups -OCH3 is 1. The van der Waals surface area contributed by atoms with Crippen LogP contribution in [0.25, 0.3) is 22.7 Å².